The van der Waals surface area contributed by atoms with Gasteiger partial charge in [0.25, 0.3) is 0 Å². The second-order valence-corrected chi connectivity index (χ2v) is 14.3. The first-order chi connectivity index (χ1) is 13.4. The molecular formula is C16H20N2O8S4. The highest BCUT2D eigenvalue weighted by atomic mass is 32.3. The zero-order chi connectivity index (χ0) is 23.1. The second kappa shape index (κ2) is 7.83. The lowest BCUT2D eigenvalue weighted by Crippen LogP contribution is -2.35. The van der Waals surface area contributed by atoms with E-state index in [2.05, 4.69) is 0 Å². The molecule has 0 unspecified atom stereocenters. The second-order valence-electron chi connectivity index (χ2n) is 6.54. The normalized spacial score (nSPS) is 13.1. The van der Waals surface area contributed by atoms with E-state index in [0.717, 1.165) is 25.0 Å². The molecule has 30 heavy (non-hydrogen) atoms. The van der Waals surface area contributed by atoms with E-state index < -0.39 is 40.1 Å². The van der Waals surface area contributed by atoms with Crippen LogP contribution in [0.5, 0.6) is 0 Å². The Morgan fingerprint density at radius 2 is 0.633 bits per heavy atom. The van der Waals surface area contributed by atoms with Crippen LogP contribution in [0.2, 0.25) is 0 Å². The molecule has 0 aliphatic heterocycles. The van der Waals surface area contributed by atoms with Crippen LogP contribution >= 0.6 is 0 Å². The molecule has 0 aromatic heterocycles. The largest absolute Gasteiger partial charge is 0.245 e. The van der Waals surface area contributed by atoms with Crippen molar-refractivity contribution in [1.29, 1.82) is 0 Å². The minimum atomic E-state index is -4.07. The lowest BCUT2D eigenvalue weighted by atomic mass is 10.1. The minimum absolute atomic E-state index is 0.0688. The number of anilines is 2. The zero-order valence-electron chi connectivity index (χ0n) is 16.4. The van der Waals surface area contributed by atoms with Crippen LogP contribution in [0.3, 0.4) is 0 Å². The Balaban J connectivity index is 2.46. The predicted molar refractivity (Wildman–Crippen MR) is 116 cm³/mol. The van der Waals surface area contributed by atoms with Crippen molar-refractivity contribution in [1.82, 2.24) is 0 Å². The maximum absolute atomic E-state index is 11.8. The number of benzene rings is 2. The van der Waals surface area contributed by atoms with Gasteiger partial charge in [-0.2, -0.15) is 7.42 Å². The first-order valence-corrected chi connectivity index (χ1v) is 15.4. The third-order valence-electron chi connectivity index (χ3n) is 3.69. The lowest BCUT2D eigenvalue weighted by Gasteiger charge is -2.20. The van der Waals surface area contributed by atoms with Gasteiger partial charge in [-0.1, -0.05) is 24.3 Å². The van der Waals surface area contributed by atoms with Crippen molar-refractivity contribution in [2.75, 3.05) is 32.4 Å². The number of rotatable bonds is 7. The average Bonchev–Trinajstić information content (AvgIpc) is 2.51. The van der Waals surface area contributed by atoms with Crippen LogP contribution in [-0.2, 0) is 40.1 Å². The van der Waals surface area contributed by atoms with Crippen molar-refractivity contribution in [3.8, 4) is 11.1 Å². The first-order valence-electron chi connectivity index (χ1n) is 8.04. The Labute approximate surface area is 177 Å². The summed E-state index contributed by atoms with van der Waals surface area (Å²) in [7, 11) is -16.3. The van der Waals surface area contributed by atoms with Gasteiger partial charge in [0.1, 0.15) is 0 Å². The van der Waals surface area contributed by atoms with Crippen molar-refractivity contribution in [2.45, 2.75) is 0 Å². The van der Waals surface area contributed by atoms with Crippen LogP contribution in [0.25, 0.3) is 11.1 Å². The SMILES string of the molecule is CS(=O)(=O)N(c1ccc(-c2ccc(N(S(C)(=O)=O)S(C)(=O)=O)cc2)cc1)S(C)(=O)=O. The van der Waals surface area contributed by atoms with Gasteiger partial charge in [-0.25, -0.2) is 33.7 Å². The van der Waals surface area contributed by atoms with Crippen molar-refractivity contribution < 1.29 is 33.7 Å². The van der Waals surface area contributed by atoms with E-state index in [0.29, 0.717) is 18.5 Å². The van der Waals surface area contributed by atoms with E-state index in [1.54, 1.807) is 0 Å². The third-order valence-corrected chi connectivity index (χ3v) is 10.2. The predicted octanol–water partition coefficient (Wildman–Crippen LogP) is 0.805. The summed E-state index contributed by atoms with van der Waals surface area (Å²) in [6.45, 7) is 0. The third kappa shape index (κ3) is 5.50. The molecule has 0 fully saturated rings. The Bertz CT molecular complexity index is 1190. The minimum Gasteiger partial charge on any atom is -0.206 e. The van der Waals surface area contributed by atoms with Gasteiger partial charge in [0.05, 0.1) is 36.4 Å². The van der Waals surface area contributed by atoms with Gasteiger partial charge in [-0.15, -0.1) is 0 Å². The fourth-order valence-electron chi connectivity index (χ4n) is 2.81. The molecule has 0 heterocycles. The molecule has 2 aromatic rings. The van der Waals surface area contributed by atoms with Gasteiger partial charge < -0.3 is 0 Å². The Morgan fingerprint density at radius 1 is 0.433 bits per heavy atom. The molecule has 2 rings (SSSR count). The smallest absolute Gasteiger partial charge is 0.206 e. The highest BCUT2D eigenvalue weighted by molar-refractivity contribution is 8.10. The number of nitrogens with zero attached hydrogens (tertiary/aromatic N) is 2. The zero-order valence-corrected chi connectivity index (χ0v) is 19.7. The van der Waals surface area contributed by atoms with Crippen molar-refractivity contribution >= 4 is 51.5 Å². The summed E-state index contributed by atoms with van der Waals surface area (Å²) in [5.74, 6) is 0. The van der Waals surface area contributed by atoms with Crippen molar-refractivity contribution in [3.63, 3.8) is 0 Å². The van der Waals surface area contributed by atoms with Crippen LogP contribution in [0.15, 0.2) is 48.5 Å². The summed E-state index contributed by atoms with van der Waals surface area (Å²) in [5, 5.41) is 0. The molecule has 166 valence electrons. The first kappa shape index (κ1) is 24.1. The van der Waals surface area contributed by atoms with E-state index in [-0.39, 0.29) is 11.4 Å². The van der Waals surface area contributed by atoms with Crippen LogP contribution in [-0.4, -0.2) is 58.7 Å². The molecule has 10 nitrogen and oxygen atoms in total. The number of hydrogen-bond donors (Lipinski definition) is 0. The van der Waals surface area contributed by atoms with Crippen molar-refractivity contribution in [2.24, 2.45) is 0 Å². The van der Waals surface area contributed by atoms with E-state index >= 15 is 0 Å². The van der Waals surface area contributed by atoms with Gasteiger partial charge in [-0.05, 0) is 35.4 Å². The van der Waals surface area contributed by atoms with E-state index in [4.69, 9.17) is 0 Å². The van der Waals surface area contributed by atoms with Gasteiger partial charge in [-0.3, -0.25) is 0 Å². The molecule has 0 radical (unpaired) electrons. The van der Waals surface area contributed by atoms with E-state index in [1.807, 2.05) is 0 Å². The molecule has 0 N–H and O–H groups in total. The molecule has 0 aliphatic carbocycles. The average molecular weight is 497 g/mol. The summed E-state index contributed by atoms with van der Waals surface area (Å²) in [5.41, 5.74) is 0.997. The Kier molecular flexibility index (Phi) is 6.29. The molecule has 0 saturated carbocycles. The molecule has 14 heteroatoms. The van der Waals surface area contributed by atoms with Crippen LogP contribution in [0.4, 0.5) is 11.4 Å². The van der Waals surface area contributed by atoms with Crippen LogP contribution in [0.1, 0.15) is 0 Å². The van der Waals surface area contributed by atoms with Gasteiger partial charge in [0.15, 0.2) is 0 Å². The van der Waals surface area contributed by atoms with E-state index in [1.165, 1.54) is 48.5 Å². The van der Waals surface area contributed by atoms with Crippen LogP contribution in [0, 0.1) is 0 Å². The van der Waals surface area contributed by atoms with Crippen LogP contribution < -0.4 is 7.42 Å². The monoisotopic (exact) mass is 496 g/mol. The number of sulfonamides is 4. The van der Waals surface area contributed by atoms with Gasteiger partial charge in [0, 0.05) is 0 Å². The summed E-state index contributed by atoms with van der Waals surface area (Å²) in [4.78, 5) is 0. The van der Waals surface area contributed by atoms with E-state index in [9.17, 15) is 33.7 Å². The fraction of sp³-hybridized carbons (Fsp3) is 0.250. The molecule has 0 bridgehead atoms. The Hall–Kier alpha value is -2.16. The highest BCUT2D eigenvalue weighted by Gasteiger charge is 2.28. The molecular weight excluding hydrogens is 476 g/mol. The maximum atomic E-state index is 11.8. The fourth-order valence-corrected chi connectivity index (χ4v) is 8.76. The quantitative estimate of drug-likeness (QED) is 0.548. The molecule has 0 aliphatic rings. The standard InChI is InChI=1S/C16H20N2O8S4/c1-27(19,20)17(28(2,21)22)15-9-5-13(6-10-15)14-7-11-16(12-8-14)18(29(3,23)24)30(4,25)26/h5-12H,1-4H3. The number of hydrogen-bond acceptors (Lipinski definition) is 8. The summed E-state index contributed by atoms with van der Waals surface area (Å²) < 4.78 is 95.3. The summed E-state index contributed by atoms with van der Waals surface area (Å²) >= 11 is 0. The lowest BCUT2D eigenvalue weighted by molar-refractivity contribution is 0.587. The van der Waals surface area contributed by atoms with Gasteiger partial charge >= 0.3 is 0 Å². The molecule has 0 amide bonds. The van der Waals surface area contributed by atoms with Gasteiger partial charge in [0.2, 0.25) is 40.1 Å². The maximum Gasteiger partial charge on any atom is 0.245 e. The molecule has 0 saturated heterocycles. The molecule has 2 aromatic carbocycles. The topological polar surface area (TPSA) is 143 Å². The van der Waals surface area contributed by atoms with Crippen molar-refractivity contribution in [3.05, 3.63) is 48.5 Å². The summed E-state index contributed by atoms with van der Waals surface area (Å²) in [6, 6.07) is 11.2. The molecule has 0 spiro atoms. The summed E-state index contributed by atoms with van der Waals surface area (Å²) in [6.07, 6.45) is 3.10. The molecule has 0 atom stereocenters. The Morgan fingerprint density at radius 3 is 0.800 bits per heavy atom. The highest BCUT2D eigenvalue weighted by Crippen LogP contribution is 2.29.